The minimum atomic E-state index is -0.782. The summed E-state index contributed by atoms with van der Waals surface area (Å²) in [5, 5.41) is 11.7. The molecule has 0 saturated carbocycles. The molecule has 0 aromatic carbocycles. The van der Waals surface area contributed by atoms with Crippen molar-refractivity contribution in [2.75, 3.05) is 46.8 Å². The van der Waals surface area contributed by atoms with E-state index in [1.165, 1.54) is 25.9 Å². The second kappa shape index (κ2) is 6.83. The minimum Gasteiger partial charge on any atom is -0.480 e. The number of hydrogen-bond donors (Lipinski definition) is 2. The van der Waals surface area contributed by atoms with Gasteiger partial charge < -0.3 is 20.2 Å². The van der Waals surface area contributed by atoms with Gasteiger partial charge in [0.1, 0.15) is 6.04 Å². The van der Waals surface area contributed by atoms with Crippen molar-refractivity contribution in [1.29, 1.82) is 0 Å². The zero-order valence-corrected chi connectivity index (χ0v) is 10.3. The van der Waals surface area contributed by atoms with Crippen molar-refractivity contribution >= 4 is 5.97 Å². The molecule has 0 aromatic rings. The van der Waals surface area contributed by atoms with Gasteiger partial charge in [-0.25, -0.2) is 0 Å². The summed E-state index contributed by atoms with van der Waals surface area (Å²) in [4.78, 5) is 15.3. The zero-order chi connectivity index (χ0) is 12.0. The molecule has 0 bridgehead atoms. The summed E-state index contributed by atoms with van der Waals surface area (Å²) < 4.78 is 0. The Bertz CT molecular complexity index is 217. The number of likely N-dealkylation sites (tertiary alicyclic amines) is 1. The molecule has 1 saturated heterocycles. The van der Waals surface area contributed by atoms with Crippen molar-refractivity contribution in [3.63, 3.8) is 0 Å². The lowest BCUT2D eigenvalue weighted by Gasteiger charge is -2.23. The van der Waals surface area contributed by atoms with Gasteiger partial charge in [-0.2, -0.15) is 0 Å². The van der Waals surface area contributed by atoms with E-state index in [1.54, 1.807) is 7.05 Å². The van der Waals surface area contributed by atoms with Crippen LogP contribution in [0.5, 0.6) is 0 Å². The standard InChI is InChI=1S/C11H23N3O2/c1-12-10(11(15)16)9-13(2)7-8-14-5-3-4-6-14/h10,12H,3-9H2,1-2H3,(H,15,16). The summed E-state index contributed by atoms with van der Waals surface area (Å²) in [7, 11) is 3.66. The maximum atomic E-state index is 10.8. The monoisotopic (exact) mass is 229 g/mol. The Balaban J connectivity index is 2.18. The molecule has 1 fully saturated rings. The largest absolute Gasteiger partial charge is 0.480 e. The van der Waals surface area contributed by atoms with Gasteiger partial charge >= 0.3 is 5.97 Å². The summed E-state index contributed by atoms with van der Waals surface area (Å²) in [6.45, 7) is 4.93. The van der Waals surface area contributed by atoms with Gasteiger partial charge in [0.2, 0.25) is 0 Å². The Kier molecular flexibility index (Phi) is 5.73. The lowest BCUT2D eigenvalue weighted by Crippen LogP contribution is -2.45. The molecule has 1 aliphatic heterocycles. The fourth-order valence-corrected chi connectivity index (χ4v) is 2.01. The van der Waals surface area contributed by atoms with E-state index >= 15 is 0 Å². The summed E-state index contributed by atoms with van der Waals surface area (Å²) in [5.41, 5.74) is 0. The number of aliphatic carboxylic acids is 1. The van der Waals surface area contributed by atoms with Crippen LogP contribution < -0.4 is 5.32 Å². The van der Waals surface area contributed by atoms with Crippen LogP contribution in [-0.2, 0) is 4.79 Å². The fourth-order valence-electron chi connectivity index (χ4n) is 2.01. The molecular weight excluding hydrogens is 206 g/mol. The summed E-state index contributed by atoms with van der Waals surface area (Å²) in [6.07, 6.45) is 2.61. The first-order valence-corrected chi connectivity index (χ1v) is 5.94. The molecule has 5 heteroatoms. The number of carboxylic acid groups (broad SMARTS) is 1. The summed E-state index contributed by atoms with van der Waals surface area (Å²) in [5.74, 6) is -0.782. The second-order valence-electron chi connectivity index (χ2n) is 4.49. The van der Waals surface area contributed by atoms with E-state index in [9.17, 15) is 4.79 Å². The molecule has 1 heterocycles. The average molecular weight is 229 g/mol. The van der Waals surface area contributed by atoms with Crippen LogP contribution in [0.15, 0.2) is 0 Å². The van der Waals surface area contributed by atoms with Crippen LogP contribution in [0.1, 0.15) is 12.8 Å². The molecule has 1 atom stereocenters. The Hall–Kier alpha value is -0.650. The lowest BCUT2D eigenvalue weighted by molar-refractivity contribution is -0.139. The number of rotatable bonds is 7. The van der Waals surface area contributed by atoms with Gasteiger partial charge in [-0.3, -0.25) is 4.79 Å². The van der Waals surface area contributed by atoms with E-state index in [0.717, 1.165) is 13.1 Å². The van der Waals surface area contributed by atoms with Crippen molar-refractivity contribution in [2.24, 2.45) is 0 Å². The molecule has 1 aliphatic rings. The summed E-state index contributed by atoms with van der Waals surface area (Å²) in [6, 6.07) is -0.469. The number of carbonyl (C=O) groups is 1. The van der Waals surface area contributed by atoms with Gasteiger partial charge in [-0.1, -0.05) is 0 Å². The average Bonchev–Trinajstić information content (AvgIpc) is 2.75. The molecule has 1 rings (SSSR count). The van der Waals surface area contributed by atoms with Crippen LogP contribution >= 0.6 is 0 Å². The van der Waals surface area contributed by atoms with Crippen LogP contribution in [0.2, 0.25) is 0 Å². The number of hydrogen-bond acceptors (Lipinski definition) is 4. The van der Waals surface area contributed by atoms with E-state index in [4.69, 9.17) is 5.11 Å². The van der Waals surface area contributed by atoms with Gasteiger partial charge in [-0.05, 0) is 40.0 Å². The molecular formula is C11H23N3O2. The SMILES string of the molecule is CNC(CN(C)CCN1CCCC1)C(=O)O. The molecule has 0 radical (unpaired) electrons. The van der Waals surface area contributed by atoms with E-state index in [-0.39, 0.29) is 0 Å². The van der Waals surface area contributed by atoms with Crippen LogP contribution in [0.4, 0.5) is 0 Å². The Labute approximate surface area is 97.4 Å². The van der Waals surface area contributed by atoms with Gasteiger partial charge in [-0.15, -0.1) is 0 Å². The lowest BCUT2D eigenvalue weighted by atomic mass is 10.3. The molecule has 1 unspecified atom stereocenters. The van der Waals surface area contributed by atoms with Crippen LogP contribution in [0.25, 0.3) is 0 Å². The smallest absolute Gasteiger partial charge is 0.322 e. The molecule has 0 aliphatic carbocycles. The normalized spacial score (nSPS) is 19.2. The Morgan fingerprint density at radius 3 is 2.62 bits per heavy atom. The van der Waals surface area contributed by atoms with Gasteiger partial charge in [0, 0.05) is 19.6 Å². The van der Waals surface area contributed by atoms with Crippen LogP contribution in [0, 0.1) is 0 Å². The van der Waals surface area contributed by atoms with Gasteiger partial charge in [0.25, 0.3) is 0 Å². The third kappa shape index (κ3) is 4.47. The number of nitrogens with zero attached hydrogens (tertiary/aromatic N) is 2. The highest BCUT2D eigenvalue weighted by Gasteiger charge is 2.18. The van der Waals surface area contributed by atoms with Crippen LogP contribution in [0.3, 0.4) is 0 Å². The van der Waals surface area contributed by atoms with E-state index < -0.39 is 12.0 Å². The number of carboxylic acids is 1. The maximum absolute atomic E-state index is 10.8. The van der Waals surface area contributed by atoms with Crippen molar-refractivity contribution in [3.05, 3.63) is 0 Å². The van der Waals surface area contributed by atoms with E-state index in [2.05, 4.69) is 15.1 Å². The predicted molar refractivity (Wildman–Crippen MR) is 63.7 cm³/mol. The fraction of sp³-hybridized carbons (Fsp3) is 0.909. The number of likely N-dealkylation sites (N-methyl/N-ethyl adjacent to an activating group) is 2. The third-order valence-electron chi connectivity index (χ3n) is 3.14. The Morgan fingerprint density at radius 1 is 1.50 bits per heavy atom. The molecule has 16 heavy (non-hydrogen) atoms. The van der Waals surface area contributed by atoms with Crippen molar-refractivity contribution in [3.8, 4) is 0 Å². The highest BCUT2D eigenvalue weighted by Crippen LogP contribution is 2.06. The van der Waals surface area contributed by atoms with Gasteiger partial charge in [0.15, 0.2) is 0 Å². The van der Waals surface area contributed by atoms with E-state index in [0.29, 0.717) is 6.54 Å². The first-order valence-electron chi connectivity index (χ1n) is 5.94. The van der Waals surface area contributed by atoms with Crippen molar-refractivity contribution in [2.45, 2.75) is 18.9 Å². The molecule has 94 valence electrons. The van der Waals surface area contributed by atoms with Gasteiger partial charge in [0.05, 0.1) is 0 Å². The number of nitrogens with one attached hydrogen (secondary N) is 1. The Morgan fingerprint density at radius 2 is 2.12 bits per heavy atom. The highest BCUT2D eigenvalue weighted by atomic mass is 16.4. The highest BCUT2D eigenvalue weighted by molar-refractivity contribution is 5.73. The van der Waals surface area contributed by atoms with Crippen molar-refractivity contribution in [1.82, 2.24) is 15.1 Å². The quantitative estimate of drug-likeness (QED) is 0.627. The minimum absolute atomic E-state index is 0.469. The van der Waals surface area contributed by atoms with Crippen molar-refractivity contribution < 1.29 is 9.90 Å². The molecule has 5 nitrogen and oxygen atoms in total. The molecule has 0 spiro atoms. The first-order chi connectivity index (χ1) is 7.63. The maximum Gasteiger partial charge on any atom is 0.322 e. The zero-order valence-electron chi connectivity index (χ0n) is 10.3. The first kappa shape index (κ1) is 13.4. The predicted octanol–water partition coefficient (Wildman–Crippen LogP) is -0.313. The second-order valence-corrected chi connectivity index (χ2v) is 4.49. The van der Waals surface area contributed by atoms with Crippen LogP contribution in [-0.4, -0.2) is 73.7 Å². The van der Waals surface area contributed by atoms with E-state index in [1.807, 2.05) is 7.05 Å². The molecule has 0 amide bonds. The molecule has 2 N–H and O–H groups in total. The molecule has 0 aromatic heterocycles. The topological polar surface area (TPSA) is 55.8 Å². The third-order valence-corrected chi connectivity index (χ3v) is 3.14. The summed E-state index contributed by atoms with van der Waals surface area (Å²) >= 11 is 0.